The molecule has 36 heavy (non-hydrogen) atoms. The molecule has 2 heterocycles. The van der Waals surface area contributed by atoms with Crippen molar-refractivity contribution in [2.75, 3.05) is 23.3 Å². The van der Waals surface area contributed by atoms with Gasteiger partial charge in [-0.15, -0.1) is 0 Å². The number of nitrogens with one attached hydrogen (secondary N) is 1. The quantitative estimate of drug-likeness (QED) is 0.330. The summed E-state index contributed by atoms with van der Waals surface area (Å²) < 4.78 is 46.1. The van der Waals surface area contributed by atoms with Crippen molar-refractivity contribution < 1.29 is 22.4 Å². The average molecular weight is 519 g/mol. The number of hydrogen-bond acceptors (Lipinski definition) is 4. The van der Waals surface area contributed by atoms with E-state index in [1.54, 1.807) is 12.3 Å². The predicted molar refractivity (Wildman–Crippen MR) is 137 cm³/mol. The third-order valence-corrected chi connectivity index (χ3v) is 11.6. The summed E-state index contributed by atoms with van der Waals surface area (Å²) in [5.41, 5.74) is 0.00374. The molecule has 1 saturated heterocycles. The number of rotatable bonds is 6. The van der Waals surface area contributed by atoms with Gasteiger partial charge in [-0.25, -0.2) is 9.83 Å². The molecule has 1 aromatic heterocycles. The van der Waals surface area contributed by atoms with Crippen LogP contribution in [0, 0.1) is 12.5 Å². The van der Waals surface area contributed by atoms with Crippen LogP contribution in [-0.4, -0.2) is 32.3 Å². The maximum atomic E-state index is 13.3. The highest BCUT2D eigenvalue weighted by Gasteiger charge is 2.37. The first-order chi connectivity index (χ1) is 16.7. The number of carbonyl (C=O) groups is 1. The van der Waals surface area contributed by atoms with E-state index in [4.69, 9.17) is 11.0 Å². The van der Waals surface area contributed by atoms with Crippen LogP contribution in [-0.2, 0) is 22.0 Å². The Labute approximate surface area is 211 Å². The van der Waals surface area contributed by atoms with E-state index in [0.717, 1.165) is 11.6 Å². The van der Waals surface area contributed by atoms with Crippen LogP contribution in [0.1, 0.15) is 44.7 Å². The van der Waals surface area contributed by atoms with Crippen molar-refractivity contribution in [1.29, 1.82) is 0 Å². The van der Waals surface area contributed by atoms with Crippen LogP contribution in [0.4, 0.5) is 30.4 Å². The number of alkyl halides is 3. The minimum atomic E-state index is -4.59. The summed E-state index contributed by atoms with van der Waals surface area (Å²) in [6.45, 7) is 19.3. The molecular formula is C26H33F3N4O2Si. The number of nitrogens with zero attached hydrogens (tertiary/aromatic N) is 3. The summed E-state index contributed by atoms with van der Waals surface area (Å²) in [7, 11) is -1.87. The molecule has 10 heteroatoms. The molecule has 0 aliphatic carbocycles. The van der Waals surface area contributed by atoms with Crippen molar-refractivity contribution in [3.05, 3.63) is 59.1 Å². The Morgan fingerprint density at radius 3 is 2.39 bits per heavy atom. The summed E-state index contributed by atoms with van der Waals surface area (Å²) in [6, 6.07) is 7.41. The minimum Gasteiger partial charge on any atom is -0.413 e. The van der Waals surface area contributed by atoms with Gasteiger partial charge in [0.05, 0.1) is 18.7 Å². The van der Waals surface area contributed by atoms with Gasteiger partial charge in [-0.3, -0.25) is 4.79 Å². The summed E-state index contributed by atoms with van der Waals surface area (Å²) in [5.74, 6) is 0.0593. The first-order valence-corrected chi connectivity index (χ1v) is 14.9. The van der Waals surface area contributed by atoms with Gasteiger partial charge in [0.1, 0.15) is 5.82 Å². The average Bonchev–Trinajstić information content (AvgIpc) is 2.82. The number of piperidine rings is 1. The fourth-order valence-corrected chi connectivity index (χ4v) is 4.70. The molecule has 0 saturated carbocycles. The van der Waals surface area contributed by atoms with E-state index in [1.165, 1.54) is 12.1 Å². The lowest BCUT2D eigenvalue weighted by Crippen LogP contribution is -2.40. The van der Waals surface area contributed by atoms with Crippen molar-refractivity contribution in [2.24, 2.45) is 5.92 Å². The van der Waals surface area contributed by atoms with Gasteiger partial charge in [-0.1, -0.05) is 32.9 Å². The molecule has 0 bridgehead atoms. The first kappa shape index (κ1) is 27.7. The molecule has 1 amide bonds. The number of aromatic nitrogens is 1. The van der Waals surface area contributed by atoms with E-state index in [9.17, 15) is 18.0 Å². The molecule has 3 rings (SSSR count). The van der Waals surface area contributed by atoms with Crippen LogP contribution in [0.5, 0.6) is 0 Å². The SMILES string of the molecule is [C-]#[N+]c1ccc(N2CCC(C(=O)Nc3ccc(CO[Si](C)(C)C(C)(C)C)cn3)CC2)cc1C(F)(F)F. The molecule has 0 atom stereocenters. The van der Waals surface area contributed by atoms with E-state index in [1.807, 2.05) is 11.0 Å². The Bertz CT molecular complexity index is 1110. The molecule has 0 unspecified atom stereocenters. The van der Waals surface area contributed by atoms with E-state index >= 15 is 0 Å². The Balaban J connectivity index is 1.54. The fourth-order valence-electron chi connectivity index (χ4n) is 3.74. The van der Waals surface area contributed by atoms with Crippen LogP contribution in [0.15, 0.2) is 36.5 Å². The minimum absolute atomic E-state index is 0.117. The van der Waals surface area contributed by atoms with Crippen LogP contribution < -0.4 is 10.2 Å². The topological polar surface area (TPSA) is 58.8 Å². The maximum Gasteiger partial charge on any atom is 0.407 e. The number of hydrogen-bond donors (Lipinski definition) is 1. The van der Waals surface area contributed by atoms with Gasteiger partial charge in [0.15, 0.2) is 14.0 Å². The lowest BCUT2D eigenvalue weighted by molar-refractivity contribution is -0.136. The van der Waals surface area contributed by atoms with Crippen molar-refractivity contribution in [3.63, 3.8) is 0 Å². The van der Waals surface area contributed by atoms with Crippen molar-refractivity contribution >= 4 is 31.4 Å². The van der Waals surface area contributed by atoms with Gasteiger partial charge in [0.25, 0.3) is 0 Å². The third kappa shape index (κ3) is 6.65. The molecule has 0 radical (unpaired) electrons. The highest BCUT2D eigenvalue weighted by atomic mass is 28.4. The van der Waals surface area contributed by atoms with E-state index in [0.29, 0.717) is 44.0 Å². The highest BCUT2D eigenvalue weighted by Crippen LogP contribution is 2.39. The van der Waals surface area contributed by atoms with Gasteiger partial charge in [-0.2, -0.15) is 13.2 Å². The Kier molecular flexibility index (Phi) is 8.16. The zero-order valence-electron chi connectivity index (χ0n) is 21.4. The molecule has 1 N–H and O–H groups in total. The zero-order valence-corrected chi connectivity index (χ0v) is 22.4. The molecule has 2 aromatic rings. The standard InChI is InChI=1S/C26H33F3N4O2Si/c1-25(2,3)36(5,6)35-17-18-7-10-23(31-16-18)32-24(34)19-11-13-33(14-12-19)20-8-9-22(30-4)21(15-20)26(27,28)29/h7-10,15-16,19H,11-14,17H2,1-3,5-6H3,(H,31,32,34). The summed E-state index contributed by atoms with van der Waals surface area (Å²) in [4.78, 5) is 21.9. The Hall–Kier alpha value is -2.90. The molecule has 0 spiro atoms. The highest BCUT2D eigenvalue weighted by molar-refractivity contribution is 6.74. The Morgan fingerprint density at radius 1 is 1.19 bits per heavy atom. The number of halogens is 3. The normalized spacial score (nSPS) is 15.5. The molecule has 6 nitrogen and oxygen atoms in total. The molecule has 1 fully saturated rings. The predicted octanol–water partition coefficient (Wildman–Crippen LogP) is 7.03. The van der Waals surface area contributed by atoms with Crippen molar-refractivity contribution in [2.45, 2.75) is 64.5 Å². The van der Waals surface area contributed by atoms with Crippen LogP contribution in [0.3, 0.4) is 0 Å². The fraction of sp³-hybridized carbons (Fsp3) is 0.500. The maximum absolute atomic E-state index is 13.3. The van der Waals surface area contributed by atoms with Crippen molar-refractivity contribution in [3.8, 4) is 0 Å². The molecule has 194 valence electrons. The van der Waals surface area contributed by atoms with Crippen molar-refractivity contribution in [1.82, 2.24) is 4.98 Å². The van der Waals surface area contributed by atoms with E-state index < -0.39 is 25.7 Å². The van der Waals surface area contributed by atoms with E-state index in [2.05, 4.69) is 49.0 Å². The lowest BCUT2D eigenvalue weighted by Gasteiger charge is -2.36. The summed E-state index contributed by atoms with van der Waals surface area (Å²) in [6.07, 6.45) is -1.86. The van der Waals surface area contributed by atoms with Crippen LogP contribution in [0.2, 0.25) is 18.1 Å². The second kappa shape index (κ2) is 10.6. The zero-order chi connectivity index (χ0) is 26.7. The van der Waals surface area contributed by atoms with Gasteiger partial charge < -0.3 is 14.6 Å². The largest absolute Gasteiger partial charge is 0.413 e. The smallest absolute Gasteiger partial charge is 0.407 e. The summed E-state index contributed by atoms with van der Waals surface area (Å²) >= 11 is 0. The third-order valence-electron chi connectivity index (χ3n) is 7.12. The number of pyridine rings is 1. The molecule has 1 aliphatic rings. The van der Waals surface area contributed by atoms with Gasteiger partial charge in [0.2, 0.25) is 5.91 Å². The number of benzene rings is 1. The monoisotopic (exact) mass is 518 g/mol. The van der Waals surface area contributed by atoms with E-state index in [-0.39, 0.29) is 16.9 Å². The molecule has 1 aromatic carbocycles. The first-order valence-electron chi connectivity index (χ1n) is 11.9. The lowest BCUT2D eigenvalue weighted by atomic mass is 9.95. The molecular weight excluding hydrogens is 485 g/mol. The van der Waals surface area contributed by atoms with Crippen LogP contribution in [0.25, 0.3) is 4.85 Å². The van der Waals surface area contributed by atoms with Crippen LogP contribution >= 0.6 is 0 Å². The van der Waals surface area contributed by atoms with Gasteiger partial charge in [-0.05, 0) is 54.7 Å². The number of amides is 1. The molecule has 1 aliphatic heterocycles. The second-order valence-electron chi connectivity index (χ2n) is 10.7. The van der Waals surface area contributed by atoms with Gasteiger partial charge in [0, 0.05) is 30.9 Å². The second-order valence-corrected chi connectivity index (χ2v) is 15.5. The number of carbonyl (C=O) groups excluding carboxylic acids is 1. The Morgan fingerprint density at radius 2 is 1.86 bits per heavy atom. The number of anilines is 2. The summed E-state index contributed by atoms with van der Waals surface area (Å²) in [5, 5.41) is 2.97. The van der Waals surface area contributed by atoms with Gasteiger partial charge >= 0.3 is 6.18 Å².